The maximum absolute atomic E-state index is 6.17. The summed E-state index contributed by atoms with van der Waals surface area (Å²) in [5, 5.41) is 4.11. The number of benzene rings is 1. The van der Waals surface area contributed by atoms with Gasteiger partial charge in [0, 0.05) is 35.2 Å². The van der Waals surface area contributed by atoms with Gasteiger partial charge in [-0.3, -0.25) is 4.90 Å². The molecule has 0 unspecified atom stereocenters. The summed E-state index contributed by atoms with van der Waals surface area (Å²) >= 11 is 9.58. The molecular weight excluding hydrogens is 311 g/mol. The van der Waals surface area contributed by atoms with Crippen molar-refractivity contribution in [3.8, 4) is 0 Å². The molecule has 0 bridgehead atoms. The van der Waals surface area contributed by atoms with E-state index < -0.39 is 0 Å². The smallest absolute Gasteiger partial charge is 0.0462 e. The topological polar surface area (TPSA) is 15.3 Å². The maximum atomic E-state index is 6.17. The van der Waals surface area contributed by atoms with E-state index in [-0.39, 0.29) is 12.4 Å². The molecule has 2 rings (SSSR count). The van der Waals surface area contributed by atoms with Gasteiger partial charge < -0.3 is 5.32 Å². The van der Waals surface area contributed by atoms with E-state index in [9.17, 15) is 0 Å². The first kappa shape index (κ1) is 14.3. The molecule has 2 nitrogen and oxygen atoms in total. The molecule has 1 saturated heterocycles. The Kier molecular flexibility index (Phi) is 5.54. The van der Waals surface area contributed by atoms with Crippen LogP contribution in [0.3, 0.4) is 0 Å². The van der Waals surface area contributed by atoms with Crippen molar-refractivity contribution < 1.29 is 0 Å². The van der Waals surface area contributed by atoms with E-state index in [0.29, 0.717) is 6.04 Å². The summed E-state index contributed by atoms with van der Waals surface area (Å²) in [6.07, 6.45) is 0. The van der Waals surface area contributed by atoms with E-state index in [1.807, 2.05) is 12.1 Å². The molecule has 90 valence electrons. The van der Waals surface area contributed by atoms with Gasteiger partial charge in [0.2, 0.25) is 0 Å². The molecule has 5 heteroatoms. The lowest BCUT2D eigenvalue weighted by Crippen LogP contribution is -2.55. The molecule has 0 aromatic heterocycles. The molecule has 0 spiro atoms. The number of rotatable bonds is 3. The third-order valence-corrected chi connectivity index (χ3v) is 3.66. The van der Waals surface area contributed by atoms with Gasteiger partial charge in [0.1, 0.15) is 0 Å². The van der Waals surface area contributed by atoms with Gasteiger partial charge in [-0.2, -0.15) is 0 Å². The second kappa shape index (κ2) is 6.22. The Labute approximate surface area is 116 Å². The molecule has 1 aromatic carbocycles. The number of hydrogen-bond donors (Lipinski definition) is 1. The first-order valence-corrected chi connectivity index (χ1v) is 6.19. The Morgan fingerprint density at radius 1 is 1.50 bits per heavy atom. The van der Waals surface area contributed by atoms with E-state index in [4.69, 9.17) is 11.6 Å². The Bertz CT molecular complexity index is 356. The minimum Gasteiger partial charge on any atom is -0.314 e. The van der Waals surface area contributed by atoms with Gasteiger partial charge in [-0.15, -0.1) is 12.4 Å². The Hall–Kier alpha value is 0.200. The zero-order valence-corrected chi connectivity index (χ0v) is 12.2. The Balaban J connectivity index is 0.00000128. The molecule has 1 fully saturated rings. The third-order valence-electron chi connectivity index (χ3n) is 2.82. The van der Waals surface area contributed by atoms with Crippen LogP contribution in [0.1, 0.15) is 5.56 Å². The SMILES string of the molecule is CN(Cc1ccc(Br)cc1Cl)C1CNC1.Cl. The van der Waals surface area contributed by atoms with Crippen LogP contribution in [0.4, 0.5) is 0 Å². The molecule has 16 heavy (non-hydrogen) atoms. The monoisotopic (exact) mass is 324 g/mol. The highest BCUT2D eigenvalue weighted by molar-refractivity contribution is 9.10. The van der Waals surface area contributed by atoms with E-state index in [2.05, 4.69) is 39.3 Å². The summed E-state index contributed by atoms with van der Waals surface area (Å²) in [5.41, 5.74) is 1.19. The molecule has 1 N–H and O–H groups in total. The highest BCUT2D eigenvalue weighted by atomic mass is 79.9. The van der Waals surface area contributed by atoms with Crippen molar-refractivity contribution in [2.24, 2.45) is 0 Å². The average Bonchev–Trinajstić information content (AvgIpc) is 2.07. The van der Waals surface area contributed by atoms with E-state index in [1.165, 1.54) is 5.56 Å². The zero-order valence-electron chi connectivity index (χ0n) is 9.04. The fraction of sp³-hybridized carbons (Fsp3) is 0.455. The molecule has 1 heterocycles. The third kappa shape index (κ3) is 3.34. The summed E-state index contributed by atoms with van der Waals surface area (Å²) in [4.78, 5) is 2.34. The molecule has 0 radical (unpaired) electrons. The summed E-state index contributed by atoms with van der Waals surface area (Å²) < 4.78 is 1.03. The molecule has 0 saturated carbocycles. The molecule has 1 aliphatic rings. The summed E-state index contributed by atoms with van der Waals surface area (Å²) in [6, 6.07) is 6.72. The van der Waals surface area contributed by atoms with Crippen molar-refractivity contribution in [1.82, 2.24) is 10.2 Å². The first-order valence-electron chi connectivity index (χ1n) is 5.01. The predicted molar refractivity (Wildman–Crippen MR) is 74.5 cm³/mol. The fourth-order valence-electron chi connectivity index (χ4n) is 1.63. The van der Waals surface area contributed by atoms with Crippen molar-refractivity contribution in [2.75, 3.05) is 20.1 Å². The molecule has 0 atom stereocenters. The summed E-state index contributed by atoms with van der Waals surface area (Å²) in [5.74, 6) is 0. The Morgan fingerprint density at radius 3 is 2.69 bits per heavy atom. The average molecular weight is 326 g/mol. The van der Waals surface area contributed by atoms with Crippen molar-refractivity contribution >= 4 is 39.9 Å². The van der Waals surface area contributed by atoms with Gasteiger partial charge >= 0.3 is 0 Å². The second-order valence-corrected chi connectivity index (χ2v) is 5.29. The van der Waals surface area contributed by atoms with Crippen molar-refractivity contribution in [3.63, 3.8) is 0 Å². The number of halogens is 3. The number of hydrogen-bond acceptors (Lipinski definition) is 2. The van der Waals surface area contributed by atoms with Crippen molar-refractivity contribution in [3.05, 3.63) is 33.3 Å². The van der Waals surface area contributed by atoms with Crippen LogP contribution in [-0.4, -0.2) is 31.1 Å². The number of likely N-dealkylation sites (N-methyl/N-ethyl adjacent to an activating group) is 1. The fourth-order valence-corrected chi connectivity index (χ4v) is 2.37. The van der Waals surface area contributed by atoms with Crippen molar-refractivity contribution in [1.29, 1.82) is 0 Å². The molecular formula is C11H15BrCl2N2. The van der Waals surface area contributed by atoms with Crippen LogP contribution in [0, 0.1) is 0 Å². The van der Waals surface area contributed by atoms with Gasteiger partial charge in [-0.25, -0.2) is 0 Å². The highest BCUT2D eigenvalue weighted by Gasteiger charge is 2.21. The maximum Gasteiger partial charge on any atom is 0.0462 e. The number of nitrogens with one attached hydrogen (secondary N) is 1. The van der Waals surface area contributed by atoms with Crippen molar-refractivity contribution in [2.45, 2.75) is 12.6 Å². The first-order chi connectivity index (χ1) is 7.16. The second-order valence-electron chi connectivity index (χ2n) is 3.96. The van der Waals surface area contributed by atoms with Gasteiger partial charge in [0.25, 0.3) is 0 Å². The number of nitrogens with zero attached hydrogens (tertiary/aromatic N) is 1. The van der Waals surface area contributed by atoms with Gasteiger partial charge in [0.05, 0.1) is 0 Å². The molecule has 1 aromatic rings. The summed E-state index contributed by atoms with van der Waals surface area (Å²) in [6.45, 7) is 3.09. The molecule has 1 aliphatic heterocycles. The minimum atomic E-state index is 0. The van der Waals surface area contributed by atoms with Gasteiger partial charge in [-0.1, -0.05) is 33.6 Å². The predicted octanol–water partition coefficient (Wildman–Crippen LogP) is 2.93. The van der Waals surface area contributed by atoms with Crippen LogP contribution in [0.25, 0.3) is 0 Å². The lowest BCUT2D eigenvalue weighted by Gasteiger charge is -2.35. The van der Waals surface area contributed by atoms with E-state index in [1.54, 1.807) is 0 Å². The van der Waals surface area contributed by atoms with Crippen LogP contribution in [0.5, 0.6) is 0 Å². The molecule has 0 aliphatic carbocycles. The lowest BCUT2D eigenvalue weighted by atomic mass is 10.1. The van der Waals surface area contributed by atoms with Crippen LogP contribution in [0.2, 0.25) is 5.02 Å². The normalized spacial score (nSPS) is 15.8. The molecule has 0 amide bonds. The van der Waals surface area contributed by atoms with E-state index in [0.717, 1.165) is 29.1 Å². The Morgan fingerprint density at radius 2 is 2.19 bits per heavy atom. The largest absolute Gasteiger partial charge is 0.314 e. The minimum absolute atomic E-state index is 0. The lowest BCUT2D eigenvalue weighted by molar-refractivity contribution is 0.173. The van der Waals surface area contributed by atoms with Gasteiger partial charge in [0.15, 0.2) is 0 Å². The van der Waals surface area contributed by atoms with Gasteiger partial charge in [-0.05, 0) is 24.7 Å². The van der Waals surface area contributed by atoms with Crippen LogP contribution < -0.4 is 5.32 Å². The standard InChI is InChI=1S/C11H14BrClN2.ClH/c1-15(10-5-14-6-10)7-8-2-3-9(12)4-11(8)13;/h2-4,10,14H,5-7H2,1H3;1H. The highest BCUT2D eigenvalue weighted by Crippen LogP contribution is 2.23. The zero-order chi connectivity index (χ0) is 10.8. The van der Waals surface area contributed by atoms with Crippen LogP contribution in [-0.2, 0) is 6.54 Å². The van der Waals surface area contributed by atoms with Crippen LogP contribution >= 0.6 is 39.9 Å². The quantitative estimate of drug-likeness (QED) is 0.919. The van der Waals surface area contributed by atoms with E-state index >= 15 is 0 Å². The van der Waals surface area contributed by atoms with Crippen LogP contribution in [0.15, 0.2) is 22.7 Å². The summed E-state index contributed by atoms with van der Waals surface area (Å²) in [7, 11) is 2.14.